The van der Waals surface area contributed by atoms with E-state index in [1.807, 2.05) is 36.4 Å². The molecule has 0 atom stereocenters. The van der Waals surface area contributed by atoms with Crippen LogP contribution in [0.25, 0.3) is 0 Å². The second kappa shape index (κ2) is 14.0. The standard InChI is InChI=1S/C20H26N4O2S2/c25-17(15-27-19-9-3-7-13-23-19)21-11-5-1-2-6-12-22-18(26)16-28-20-10-4-8-14-24-20/h3-4,7-10,13-14H,1-2,5-6,11-12,15-16H2,(H,21,25)(H,22,26). The van der Waals surface area contributed by atoms with E-state index in [2.05, 4.69) is 20.6 Å². The molecule has 0 saturated heterocycles. The fourth-order valence-electron chi connectivity index (χ4n) is 2.31. The third-order valence-electron chi connectivity index (χ3n) is 3.73. The Morgan fingerprint density at radius 2 is 1.18 bits per heavy atom. The highest BCUT2D eigenvalue weighted by molar-refractivity contribution is 8.00. The van der Waals surface area contributed by atoms with E-state index in [-0.39, 0.29) is 11.8 Å². The molecule has 0 saturated carbocycles. The van der Waals surface area contributed by atoms with E-state index in [1.165, 1.54) is 23.5 Å². The molecule has 0 aliphatic carbocycles. The Labute approximate surface area is 174 Å². The first-order valence-corrected chi connectivity index (χ1v) is 11.3. The number of rotatable bonds is 13. The van der Waals surface area contributed by atoms with Crippen LogP contribution in [-0.4, -0.2) is 46.4 Å². The molecule has 0 radical (unpaired) electrons. The highest BCUT2D eigenvalue weighted by Gasteiger charge is 2.04. The smallest absolute Gasteiger partial charge is 0.230 e. The van der Waals surface area contributed by atoms with Gasteiger partial charge in [-0.05, 0) is 37.1 Å². The van der Waals surface area contributed by atoms with E-state index in [0.29, 0.717) is 24.6 Å². The summed E-state index contributed by atoms with van der Waals surface area (Å²) >= 11 is 2.88. The largest absolute Gasteiger partial charge is 0.355 e. The number of thioether (sulfide) groups is 2. The number of aromatic nitrogens is 2. The fourth-order valence-corrected chi connectivity index (χ4v) is 3.69. The van der Waals surface area contributed by atoms with E-state index in [4.69, 9.17) is 0 Å². The number of hydrogen-bond donors (Lipinski definition) is 2. The van der Waals surface area contributed by atoms with Gasteiger partial charge in [-0.1, -0.05) is 48.5 Å². The first kappa shape index (κ1) is 22.2. The van der Waals surface area contributed by atoms with Crippen molar-refractivity contribution in [3.8, 4) is 0 Å². The SMILES string of the molecule is O=C(CSc1ccccn1)NCCCCCCNC(=O)CSc1ccccn1. The van der Waals surface area contributed by atoms with Gasteiger partial charge in [0, 0.05) is 25.5 Å². The molecule has 28 heavy (non-hydrogen) atoms. The Balaban J connectivity index is 1.39. The lowest BCUT2D eigenvalue weighted by molar-refractivity contribution is -0.119. The van der Waals surface area contributed by atoms with Crippen LogP contribution in [0, 0.1) is 0 Å². The second-order valence-electron chi connectivity index (χ2n) is 6.03. The molecule has 0 aromatic carbocycles. The molecular weight excluding hydrogens is 392 g/mol. The zero-order valence-corrected chi connectivity index (χ0v) is 17.4. The molecule has 2 aromatic rings. The summed E-state index contributed by atoms with van der Waals surface area (Å²) in [5.74, 6) is 0.848. The summed E-state index contributed by atoms with van der Waals surface area (Å²) < 4.78 is 0. The number of unbranched alkanes of at least 4 members (excludes halogenated alkanes) is 3. The van der Waals surface area contributed by atoms with Crippen LogP contribution in [0.15, 0.2) is 58.8 Å². The van der Waals surface area contributed by atoms with Crippen molar-refractivity contribution in [1.29, 1.82) is 0 Å². The first-order valence-electron chi connectivity index (χ1n) is 9.35. The maximum Gasteiger partial charge on any atom is 0.230 e. The Morgan fingerprint density at radius 1 is 0.714 bits per heavy atom. The van der Waals surface area contributed by atoms with Gasteiger partial charge in [0.1, 0.15) is 0 Å². The lowest BCUT2D eigenvalue weighted by atomic mass is 10.2. The summed E-state index contributed by atoms with van der Waals surface area (Å²) in [6.45, 7) is 1.38. The monoisotopic (exact) mass is 418 g/mol. The average Bonchev–Trinajstić information content (AvgIpc) is 2.74. The summed E-state index contributed by atoms with van der Waals surface area (Å²) in [6.07, 6.45) is 7.41. The van der Waals surface area contributed by atoms with Crippen LogP contribution >= 0.6 is 23.5 Å². The number of carbonyl (C=O) groups excluding carboxylic acids is 2. The van der Waals surface area contributed by atoms with Crippen LogP contribution in [0.3, 0.4) is 0 Å². The third kappa shape index (κ3) is 10.3. The van der Waals surface area contributed by atoms with Gasteiger partial charge in [0.25, 0.3) is 0 Å². The van der Waals surface area contributed by atoms with Crippen LogP contribution in [0.4, 0.5) is 0 Å². The van der Waals surface area contributed by atoms with Gasteiger partial charge in [-0.25, -0.2) is 9.97 Å². The first-order chi connectivity index (χ1) is 13.7. The average molecular weight is 419 g/mol. The van der Waals surface area contributed by atoms with Gasteiger partial charge in [0.2, 0.25) is 11.8 Å². The minimum atomic E-state index is 0.0355. The second-order valence-corrected chi connectivity index (χ2v) is 8.02. The van der Waals surface area contributed by atoms with Crippen LogP contribution in [0.1, 0.15) is 25.7 Å². The van der Waals surface area contributed by atoms with Crippen molar-refractivity contribution in [2.75, 3.05) is 24.6 Å². The van der Waals surface area contributed by atoms with Crippen molar-refractivity contribution in [3.63, 3.8) is 0 Å². The van der Waals surface area contributed by atoms with Gasteiger partial charge in [-0.15, -0.1) is 0 Å². The zero-order valence-electron chi connectivity index (χ0n) is 15.8. The summed E-state index contributed by atoms with van der Waals surface area (Å²) in [7, 11) is 0. The zero-order chi connectivity index (χ0) is 19.9. The van der Waals surface area contributed by atoms with E-state index in [1.54, 1.807) is 12.4 Å². The number of pyridine rings is 2. The molecule has 0 spiro atoms. The van der Waals surface area contributed by atoms with Crippen LogP contribution < -0.4 is 10.6 Å². The summed E-state index contributed by atoms with van der Waals surface area (Å²) in [6, 6.07) is 11.3. The molecule has 0 fully saturated rings. The van der Waals surface area contributed by atoms with Crippen LogP contribution in [0.5, 0.6) is 0 Å². The molecule has 8 heteroatoms. The molecule has 2 rings (SSSR count). The molecule has 2 heterocycles. The molecule has 6 nitrogen and oxygen atoms in total. The van der Waals surface area contributed by atoms with Crippen LogP contribution in [-0.2, 0) is 9.59 Å². The molecule has 0 bridgehead atoms. The van der Waals surface area contributed by atoms with Gasteiger partial charge >= 0.3 is 0 Å². The number of carbonyl (C=O) groups is 2. The number of nitrogens with zero attached hydrogens (tertiary/aromatic N) is 2. The molecule has 2 N–H and O–H groups in total. The topological polar surface area (TPSA) is 84.0 Å². The van der Waals surface area contributed by atoms with E-state index in [9.17, 15) is 9.59 Å². The minimum Gasteiger partial charge on any atom is -0.355 e. The van der Waals surface area contributed by atoms with Crippen LogP contribution in [0.2, 0.25) is 0 Å². The summed E-state index contributed by atoms with van der Waals surface area (Å²) in [4.78, 5) is 31.9. The molecule has 0 aliphatic rings. The lowest BCUT2D eigenvalue weighted by Gasteiger charge is -2.06. The third-order valence-corrected chi connectivity index (χ3v) is 5.61. The van der Waals surface area contributed by atoms with Gasteiger partial charge in [0.15, 0.2) is 0 Å². The van der Waals surface area contributed by atoms with Crippen molar-refractivity contribution in [3.05, 3.63) is 48.8 Å². The highest BCUT2D eigenvalue weighted by atomic mass is 32.2. The Morgan fingerprint density at radius 3 is 1.57 bits per heavy atom. The van der Waals surface area contributed by atoms with Crippen molar-refractivity contribution in [1.82, 2.24) is 20.6 Å². The molecule has 2 aromatic heterocycles. The fraction of sp³-hybridized carbons (Fsp3) is 0.400. The van der Waals surface area contributed by atoms with Crippen molar-refractivity contribution < 1.29 is 9.59 Å². The lowest BCUT2D eigenvalue weighted by Crippen LogP contribution is -2.26. The number of hydrogen-bond acceptors (Lipinski definition) is 6. The molecule has 0 unspecified atom stereocenters. The van der Waals surface area contributed by atoms with E-state index < -0.39 is 0 Å². The van der Waals surface area contributed by atoms with E-state index in [0.717, 1.165) is 35.7 Å². The predicted molar refractivity (Wildman–Crippen MR) is 114 cm³/mol. The summed E-state index contributed by atoms with van der Waals surface area (Å²) in [5.41, 5.74) is 0. The molecule has 150 valence electrons. The van der Waals surface area contributed by atoms with Crippen molar-refractivity contribution in [2.24, 2.45) is 0 Å². The number of amides is 2. The molecule has 2 amide bonds. The summed E-state index contributed by atoms with van der Waals surface area (Å²) in [5, 5.41) is 7.58. The normalized spacial score (nSPS) is 10.4. The highest BCUT2D eigenvalue weighted by Crippen LogP contribution is 2.13. The Hall–Kier alpha value is -2.06. The Bertz CT molecular complexity index is 640. The molecule has 0 aliphatic heterocycles. The van der Waals surface area contributed by atoms with Gasteiger partial charge in [0.05, 0.1) is 21.6 Å². The molecular formula is C20H26N4O2S2. The van der Waals surface area contributed by atoms with Gasteiger partial charge < -0.3 is 10.6 Å². The quantitative estimate of drug-likeness (QED) is 0.384. The van der Waals surface area contributed by atoms with Crippen molar-refractivity contribution >= 4 is 35.3 Å². The van der Waals surface area contributed by atoms with E-state index >= 15 is 0 Å². The number of nitrogens with one attached hydrogen (secondary N) is 2. The predicted octanol–water partition coefficient (Wildman–Crippen LogP) is 3.15. The maximum absolute atomic E-state index is 11.8. The minimum absolute atomic E-state index is 0.0355. The van der Waals surface area contributed by atoms with Gasteiger partial charge in [-0.3, -0.25) is 9.59 Å². The van der Waals surface area contributed by atoms with Gasteiger partial charge in [-0.2, -0.15) is 0 Å². The van der Waals surface area contributed by atoms with Crippen molar-refractivity contribution in [2.45, 2.75) is 35.7 Å². The maximum atomic E-state index is 11.8. The Kier molecular flexibility index (Phi) is 11.1.